The van der Waals surface area contributed by atoms with Gasteiger partial charge in [0.25, 0.3) is 5.91 Å². The first-order valence-electron chi connectivity index (χ1n) is 9.53. The summed E-state index contributed by atoms with van der Waals surface area (Å²) in [6, 6.07) is 14.0. The van der Waals surface area contributed by atoms with Gasteiger partial charge in [0, 0.05) is 49.9 Å². The van der Waals surface area contributed by atoms with Crippen molar-refractivity contribution in [3.05, 3.63) is 64.7 Å². The van der Waals surface area contributed by atoms with Crippen LogP contribution in [-0.2, 0) is 6.54 Å². The van der Waals surface area contributed by atoms with Crippen molar-refractivity contribution < 1.29 is 14.3 Å². The number of carbonyl (C=O) groups is 2. The highest BCUT2D eigenvalue weighted by atomic mass is 35.5. The number of nitrogens with one attached hydrogen (secondary N) is 1. The normalized spacial score (nSPS) is 14.4. The number of ether oxygens (including phenoxy) is 1. The maximum absolute atomic E-state index is 12.7. The largest absolute Gasteiger partial charge is 0.492 e. The molecule has 3 N–H and O–H groups in total. The third-order valence-corrected chi connectivity index (χ3v) is 5.07. The van der Waals surface area contributed by atoms with Crippen LogP contribution in [0.25, 0.3) is 0 Å². The van der Waals surface area contributed by atoms with E-state index in [2.05, 4.69) is 10.2 Å². The minimum atomic E-state index is -0.568. The van der Waals surface area contributed by atoms with Crippen LogP contribution in [0.2, 0.25) is 5.02 Å². The molecule has 29 heavy (non-hydrogen) atoms. The molecule has 2 aromatic carbocycles. The molecule has 0 spiro atoms. The highest BCUT2D eigenvalue weighted by molar-refractivity contribution is 6.30. The molecule has 0 unspecified atom stereocenters. The van der Waals surface area contributed by atoms with E-state index in [-0.39, 0.29) is 5.91 Å². The van der Waals surface area contributed by atoms with Crippen molar-refractivity contribution in [2.24, 2.45) is 5.73 Å². The fourth-order valence-corrected chi connectivity index (χ4v) is 3.26. The van der Waals surface area contributed by atoms with Crippen LogP contribution in [0.15, 0.2) is 48.5 Å². The Balaban J connectivity index is 1.40. The van der Waals surface area contributed by atoms with Gasteiger partial charge >= 0.3 is 6.03 Å². The van der Waals surface area contributed by atoms with Gasteiger partial charge in [0.15, 0.2) is 0 Å². The Labute approximate surface area is 175 Å². The predicted octanol–water partition coefficient (Wildman–Crippen LogP) is 2.35. The van der Waals surface area contributed by atoms with Crippen LogP contribution < -0.4 is 15.8 Å². The lowest BCUT2D eigenvalue weighted by molar-refractivity contribution is 0.0620. The maximum atomic E-state index is 12.7. The first-order chi connectivity index (χ1) is 14.0. The number of halogens is 1. The topological polar surface area (TPSA) is 87.9 Å². The summed E-state index contributed by atoms with van der Waals surface area (Å²) in [6.07, 6.45) is 0. The van der Waals surface area contributed by atoms with E-state index in [0.29, 0.717) is 36.8 Å². The van der Waals surface area contributed by atoms with E-state index in [1.54, 1.807) is 12.1 Å². The summed E-state index contributed by atoms with van der Waals surface area (Å²) in [5, 5.41) is 3.22. The van der Waals surface area contributed by atoms with Crippen LogP contribution in [-0.4, -0.2) is 61.1 Å². The first-order valence-corrected chi connectivity index (χ1v) is 9.91. The number of nitrogens with two attached hydrogens (primary N) is 1. The number of hydrogen-bond acceptors (Lipinski definition) is 4. The summed E-state index contributed by atoms with van der Waals surface area (Å²) in [7, 11) is 0. The Morgan fingerprint density at radius 1 is 1.00 bits per heavy atom. The Hall–Kier alpha value is -2.77. The van der Waals surface area contributed by atoms with Crippen molar-refractivity contribution in [3.8, 4) is 5.75 Å². The number of rotatable bonds is 7. The molecule has 8 heteroatoms. The molecule has 2 aromatic rings. The summed E-state index contributed by atoms with van der Waals surface area (Å²) < 4.78 is 5.74. The summed E-state index contributed by atoms with van der Waals surface area (Å²) in [6.45, 7) is 4.76. The predicted molar refractivity (Wildman–Crippen MR) is 112 cm³/mol. The lowest BCUT2D eigenvalue weighted by Gasteiger charge is -2.34. The molecule has 0 atom stereocenters. The number of nitrogens with zero attached hydrogens (tertiary/aromatic N) is 2. The third-order valence-electron chi connectivity index (χ3n) is 4.82. The van der Waals surface area contributed by atoms with Crippen LogP contribution in [0, 0.1) is 0 Å². The standard InChI is InChI=1S/C21H25ClN4O3/c22-18-5-7-19(8-6-18)29-14-13-25-9-11-26(12-10-25)20(27)17-3-1-16(2-4-17)15-24-21(23)28/h1-8H,9-15H2,(H3,23,24,28). The molecule has 3 rings (SSSR count). The number of amides is 3. The molecule has 0 aliphatic carbocycles. The van der Waals surface area contributed by atoms with Gasteiger partial charge in [0.05, 0.1) is 0 Å². The van der Waals surface area contributed by atoms with Gasteiger partial charge < -0.3 is 20.7 Å². The molecule has 3 amide bonds. The molecule has 0 saturated carbocycles. The minimum Gasteiger partial charge on any atom is -0.492 e. The maximum Gasteiger partial charge on any atom is 0.312 e. The molecular formula is C21H25ClN4O3. The number of hydrogen-bond donors (Lipinski definition) is 2. The fourth-order valence-electron chi connectivity index (χ4n) is 3.13. The summed E-state index contributed by atoms with van der Waals surface area (Å²) in [4.78, 5) is 27.6. The van der Waals surface area contributed by atoms with Crippen LogP contribution >= 0.6 is 11.6 Å². The zero-order valence-electron chi connectivity index (χ0n) is 16.1. The molecule has 0 aromatic heterocycles. The number of primary amides is 1. The Kier molecular flexibility index (Phi) is 7.32. The first kappa shape index (κ1) is 21.0. The fraction of sp³-hybridized carbons (Fsp3) is 0.333. The van der Waals surface area contributed by atoms with Gasteiger partial charge in [0.1, 0.15) is 12.4 Å². The zero-order chi connectivity index (χ0) is 20.6. The summed E-state index contributed by atoms with van der Waals surface area (Å²) in [5.41, 5.74) is 6.61. The van der Waals surface area contributed by atoms with Crippen LogP contribution in [0.4, 0.5) is 4.79 Å². The van der Waals surface area contributed by atoms with Crippen molar-refractivity contribution in [2.75, 3.05) is 39.3 Å². The van der Waals surface area contributed by atoms with Crippen molar-refractivity contribution in [1.82, 2.24) is 15.1 Å². The molecular weight excluding hydrogens is 392 g/mol. The van der Waals surface area contributed by atoms with Crippen molar-refractivity contribution in [1.29, 1.82) is 0 Å². The van der Waals surface area contributed by atoms with Gasteiger partial charge in [-0.1, -0.05) is 23.7 Å². The monoisotopic (exact) mass is 416 g/mol. The number of benzene rings is 2. The molecule has 7 nitrogen and oxygen atoms in total. The van der Waals surface area contributed by atoms with Crippen molar-refractivity contribution in [2.45, 2.75) is 6.54 Å². The second-order valence-corrected chi connectivity index (χ2v) is 7.29. The molecule has 0 radical (unpaired) electrons. The number of carbonyl (C=O) groups excluding carboxylic acids is 2. The Bertz CT molecular complexity index is 819. The van der Waals surface area contributed by atoms with E-state index in [1.165, 1.54) is 0 Å². The average Bonchev–Trinajstić information content (AvgIpc) is 2.74. The number of piperazine rings is 1. The van der Waals surface area contributed by atoms with Gasteiger partial charge in [0.2, 0.25) is 0 Å². The quantitative estimate of drug-likeness (QED) is 0.725. The Morgan fingerprint density at radius 2 is 1.66 bits per heavy atom. The van der Waals surface area contributed by atoms with E-state index in [9.17, 15) is 9.59 Å². The average molecular weight is 417 g/mol. The molecule has 1 heterocycles. The molecule has 1 aliphatic rings. The Morgan fingerprint density at radius 3 is 2.28 bits per heavy atom. The van der Waals surface area contributed by atoms with E-state index in [4.69, 9.17) is 22.1 Å². The molecule has 0 bridgehead atoms. The van der Waals surface area contributed by atoms with Crippen molar-refractivity contribution >= 4 is 23.5 Å². The smallest absolute Gasteiger partial charge is 0.312 e. The van der Waals surface area contributed by atoms with E-state index >= 15 is 0 Å². The van der Waals surface area contributed by atoms with Crippen LogP contribution in [0.3, 0.4) is 0 Å². The van der Waals surface area contributed by atoms with Gasteiger partial charge in [-0.2, -0.15) is 0 Å². The minimum absolute atomic E-state index is 0.0245. The third kappa shape index (κ3) is 6.37. The highest BCUT2D eigenvalue weighted by Gasteiger charge is 2.22. The van der Waals surface area contributed by atoms with Gasteiger partial charge in [-0.25, -0.2) is 4.79 Å². The zero-order valence-corrected chi connectivity index (χ0v) is 16.9. The van der Waals surface area contributed by atoms with Crippen LogP contribution in [0.1, 0.15) is 15.9 Å². The lowest BCUT2D eigenvalue weighted by atomic mass is 10.1. The van der Waals surface area contributed by atoms with Crippen LogP contribution in [0.5, 0.6) is 5.75 Å². The molecule has 1 saturated heterocycles. The molecule has 1 fully saturated rings. The summed E-state index contributed by atoms with van der Waals surface area (Å²) in [5.74, 6) is 0.828. The molecule has 154 valence electrons. The summed E-state index contributed by atoms with van der Waals surface area (Å²) >= 11 is 5.87. The SMILES string of the molecule is NC(=O)NCc1ccc(C(=O)N2CCN(CCOc3ccc(Cl)cc3)CC2)cc1. The molecule has 1 aliphatic heterocycles. The van der Waals surface area contributed by atoms with Gasteiger partial charge in [-0.05, 0) is 42.0 Å². The second-order valence-electron chi connectivity index (χ2n) is 6.85. The van der Waals surface area contributed by atoms with Gasteiger partial charge in [-0.15, -0.1) is 0 Å². The van der Waals surface area contributed by atoms with Gasteiger partial charge in [-0.3, -0.25) is 9.69 Å². The van der Waals surface area contributed by atoms with E-state index < -0.39 is 6.03 Å². The van der Waals surface area contributed by atoms with E-state index in [1.807, 2.05) is 41.3 Å². The van der Waals surface area contributed by atoms with Crippen molar-refractivity contribution in [3.63, 3.8) is 0 Å². The lowest BCUT2D eigenvalue weighted by Crippen LogP contribution is -2.49. The second kappa shape index (κ2) is 10.1. The highest BCUT2D eigenvalue weighted by Crippen LogP contribution is 2.16. The number of urea groups is 1. The van der Waals surface area contributed by atoms with E-state index in [0.717, 1.165) is 30.9 Å².